The van der Waals surface area contributed by atoms with Gasteiger partial charge in [0.2, 0.25) is 0 Å². The first-order chi connectivity index (χ1) is 14.0. The van der Waals surface area contributed by atoms with E-state index in [0.717, 1.165) is 38.1 Å². The van der Waals surface area contributed by atoms with Gasteiger partial charge in [-0.2, -0.15) is 0 Å². The Labute approximate surface area is 174 Å². The van der Waals surface area contributed by atoms with Crippen LogP contribution < -0.4 is 20.7 Å². The summed E-state index contributed by atoms with van der Waals surface area (Å²) in [6.07, 6.45) is 2.96. The first-order valence-electron chi connectivity index (χ1n) is 10.2. The Hall–Kier alpha value is -2.60. The third-order valence-corrected chi connectivity index (χ3v) is 4.06. The van der Waals surface area contributed by atoms with Crippen LogP contribution in [-0.4, -0.2) is 32.7 Å². The third-order valence-electron chi connectivity index (χ3n) is 4.06. The Morgan fingerprint density at radius 1 is 1.10 bits per heavy atom. The van der Waals surface area contributed by atoms with Gasteiger partial charge in [0.15, 0.2) is 0 Å². The van der Waals surface area contributed by atoms with Gasteiger partial charge in [0.25, 0.3) is 5.91 Å². The number of amides is 1. The first kappa shape index (κ1) is 24.4. The van der Waals surface area contributed by atoms with Gasteiger partial charge < -0.3 is 20.7 Å². The number of carbonyl (C=O) groups is 1. The molecule has 0 aromatic heterocycles. The van der Waals surface area contributed by atoms with Gasteiger partial charge in [0.1, 0.15) is 11.6 Å². The second kappa shape index (κ2) is 13.6. The predicted octanol–water partition coefficient (Wildman–Crippen LogP) is 5.07. The van der Waals surface area contributed by atoms with Crippen LogP contribution in [0.5, 0.6) is 5.75 Å². The molecule has 0 radical (unpaired) electrons. The smallest absolute Gasteiger partial charge is 0.258 e. The number of halogens is 1. The maximum absolute atomic E-state index is 14.3. The van der Waals surface area contributed by atoms with Crippen molar-refractivity contribution in [2.45, 2.75) is 40.0 Å². The number of benzene rings is 2. The average Bonchev–Trinajstić information content (AvgIpc) is 2.73. The highest BCUT2D eigenvalue weighted by atomic mass is 19.1. The minimum atomic E-state index is -0.360. The number of nitrogens with two attached hydrogens (primary N) is 1. The van der Waals surface area contributed by atoms with Crippen molar-refractivity contribution in [2.75, 3.05) is 37.0 Å². The number of unbranched alkanes of at least 4 members (excludes halogenated alkanes) is 1. The number of nitrogens with one attached hydrogen (secondary N) is 1. The molecule has 0 saturated carbocycles. The van der Waals surface area contributed by atoms with Gasteiger partial charge in [0, 0.05) is 24.8 Å². The lowest BCUT2D eigenvalue weighted by atomic mass is 10.1. The van der Waals surface area contributed by atoms with Crippen molar-refractivity contribution in [3.63, 3.8) is 0 Å². The molecule has 0 aliphatic heterocycles. The highest BCUT2D eigenvalue weighted by Crippen LogP contribution is 2.23. The van der Waals surface area contributed by atoms with Crippen LogP contribution in [0.3, 0.4) is 0 Å². The summed E-state index contributed by atoms with van der Waals surface area (Å²) in [5, 5.41) is 3.07. The van der Waals surface area contributed by atoms with Crippen LogP contribution in [0.2, 0.25) is 0 Å². The van der Waals surface area contributed by atoms with Gasteiger partial charge >= 0.3 is 0 Å². The first-order valence-corrected chi connectivity index (χ1v) is 10.2. The summed E-state index contributed by atoms with van der Waals surface area (Å²) in [6, 6.07) is 11.8. The number of carbonyl (C=O) groups excluding carboxylic acids is 1. The zero-order chi connectivity index (χ0) is 21.6. The summed E-state index contributed by atoms with van der Waals surface area (Å²) in [7, 11) is 1.64. The van der Waals surface area contributed by atoms with E-state index in [1.54, 1.807) is 43.4 Å². The Morgan fingerprint density at radius 3 is 2.31 bits per heavy atom. The molecule has 0 fully saturated rings. The molecule has 0 atom stereocenters. The second-order valence-electron chi connectivity index (χ2n) is 6.59. The maximum atomic E-state index is 14.3. The van der Waals surface area contributed by atoms with Crippen molar-refractivity contribution >= 4 is 17.3 Å². The van der Waals surface area contributed by atoms with Gasteiger partial charge in [-0.25, -0.2) is 4.39 Å². The molecule has 2 rings (SSSR count). The molecule has 3 N–H and O–H groups in total. The van der Waals surface area contributed by atoms with Crippen molar-refractivity contribution in [1.82, 2.24) is 0 Å². The number of hydrogen-bond acceptors (Lipinski definition) is 4. The van der Waals surface area contributed by atoms with Crippen molar-refractivity contribution in [3.05, 3.63) is 53.8 Å². The zero-order valence-corrected chi connectivity index (χ0v) is 18.0. The topological polar surface area (TPSA) is 67.6 Å². The van der Waals surface area contributed by atoms with E-state index in [1.807, 2.05) is 13.8 Å². The summed E-state index contributed by atoms with van der Waals surface area (Å²) >= 11 is 0. The maximum Gasteiger partial charge on any atom is 0.258 e. The number of rotatable bonds is 9. The van der Waals surface area contributed by atoms with Crippen molar-refractivity contribution in [1.29, 1.82) is 0 Å². The van der Waals surface area contributed by atoms with E-state index in [2.05, 4.69) is 12.2 Å². The minimum Gasteiger partial charge on any atom is -0.494 e. The van der Waals surface area contributed by atoms with Crippen LogP contribution in [0.25, 0.3) is 0 Å². The highest BCUT2D eigenvalue weighted by Gasteiger charge is 2.15. The Bertz CT molecular complexity index is 735. The Kier molecular flexibility index (Phi) is 11.4. The number of ether oxygens (including phenoxy) is 1. The van der Waals surface area contributed by atoms with Crippen LogP contribution in [0.1, 0.15) is 50.4 Å². The van der Waals surface area contributed by atoms with Crippen molar-refractivity contribution < 1.29 is 13.9 Å². The summed E-state index contributed by atoms with van der Waals surface area (Å²) < 4.78 is 19.8. The summed E-state index contributed by atoms with van der Waals surface area (Å²) in [5.74, 6) is 0.180. The van der Waals surface area contributed by atoms with E-state index >= 15 is 0 Å². The van der Waals surface area contributed by atoms with Crippen LogP contribution >= 0.6 is 0 Å². The van der Waals surface area contributed by atoms with Gasteiger partial charge in [-0.1, -0.05) is 27.2 Å². The molecule has 0 heterocycles. The fraction of sp³-hybridized carbons (Fsp3) is 0.435. The van der Waals surface area contributed by atoms with Crippen LogP contribution in [0, 0.1) is 5.82 Å². The lowest BCUT2D eigenvalue weighted by molar-refractivity contribution is 0.0993. The van der Waals surface area contributed by atoms with Crippen LogP contribution in [0.15, 0.2) is 42.5 Å². The van der Waals surface area contributed by atoms with E-state index in [9.17, 15) is 9.18 Å². The van der Waals surface area contributed by atoms with Gasteiger partial charge in [-0.05, 0) is 61.9 Å². The minimum absolute atomic E-state index is 0.196. The number of anilines is 2. The molecule has 1 amide bonds. The Morgan fingerprint density at radius 2 is 1.76 bits per heavy atom. The molecule has 6 heteroatoms. The standard InChI is InChI=1S/C21H27FN2O2.C2H7N/c1-4-6-13-23-20-12-9-17(15-19(20)22)24(3)21(25)16-7-10-18(11-8-16)26-14-5-2;1-2-3/h7-12,15,23H,4-6,13-14H2,1-3H3;2-3H2,1H3. The molecule has 2 aromatic rings. The lowest BCUT2D eigenvalue weighted by Crippen LogP contribution is -2.26. The van der Waals surface area contributed by atoms with Crippen molar-refractivity contribution in [2.24, 2.45) is 5.73 Å². The quantitative estimate of drug-likeness (QED) is 0.574. The van der Waals surface area contributed by atoms with Crippen molar-refractivity contribution in [3.8, 4) is 5.75 Å². The molecule has 160 valence electrons. The fourth-order valence-corrected chi connectivity index (χ4v) is 2.48. The third kappa shape index (κ3) is 8.11. The summed E-state index contributed by atoms with van der Waals surface area (Å²) in [6.45, 7) is 8.15. The summed E-state index contributed by atoms with van der Waals surface area (Å²) in [5.41, 5.74) is 6.35. The van der Waals surface area contributed by atoms with Crippen LogP contribution in [-0.2, 0) is 0 Å². The normalized spacial score (nSPS) is 10.0. The molecular formula is C23H34FN3O2. The monoisotopic (exact) mass is 403 g/mol. The van der Waals surface area contributed by atoms with E-state index < -0.39 is 0 Å². The van der Waals surface area contributed by atoms with E-state index in [4.69, 9.17) is 10.5 Å². The second-order valence-corrected chi connectivity index (χ2v) is 6.59. The lowest BCUT2D eigenvalue weighted by Gasteiger charge is -2.19. The summed E-state index contributed by atoms with van der Waals surface area (Å²) in [4.78, 5) is 14.1. The molecule has 29 heavy (non-hydrogen) atoms. The molecule has 0 bridgehead atoms. The molecule has 5 nitrogen and oxygen atoms in total. The van der Waals surface area contributed by atoms with Gasteiger partial charge in [-0.15, -0.1) is 0 Å². The Balaban J connectivity index is 0.00000132. The van der Waals surface area contributed by atoms with E-state index in [-0.39, 0.29) is 11.7 Å². The van der Waals surface area contributed by atoms with E-state index in [1.165, 1.54) is 11.0 Å². The van der Waals surface area contributed by atoms with Gasteiger partial charge in [-0.3, -0.25) is 4.79 Å². The van der Waals surface area contributed by atoms with Gasteiger partial charge in [0.05, 0.1) is 12.3 Å². The highest BCUT2D eigenvalue weighted by molar-refractivity contribution is 6.05. The average molecular weight is 404 g/mol. The molecule has 0 spiro atoms. The number of hydrogen-bond donors (Lipinski definition) is 2. The largest absolute Gasteiger partial charge is 0.494 e. The molecule has 2 aromatic carbocycles. The number of nitrogens with zero attached hydrogens (tertiary/aromatic N) is 1. The molecule has 0 saturated heterocycles. The van der Waals surface area contributed by atoms with E-state index in [0.29, 0.717) is 23.5 Å². The fourth-order valence-electron chi connectivity index (χ4n) is 2.48. The SMILES string of the molecule is CCCCNc1ccc(N(C)C(=O)c2ccc(OCCC)cc2)cc1F.CCN. The zero-order valence-electron chi connectivity index (χ0n) is 18.0. The van der Waals surface area contributed by atoms with Crippen LogP contribution in [0.4, 0.5) is 15.8 Å². The molecular weight excluding hydrogens is 369 g/mol. The molecule has 0 aliphatic carbocycles. The molecule has 0 unspecified atom stereocenters. The predicted molar refractivity (Wildman–Crippen MR) is 119 cm³/mol. The molecule has 0 aliphatic rings.